The van der Waals surface area contributed by atoms with E-state index in [-0.39, 0.29) is 32.2 Å². The molecule has 0 aromatic heterocycles. The monoisotopic (exact) mass is 432 g/mol. The van der Waals surface area contributed by atoms with Crippen LogP contribution >= 0.6 is 0 Å². The van der Waals surface area contributed by atoms with E-state index in [1.807, 2.05) is 12.1 Å². The van der Waals surface area contributed by atoms with Gasteiger partial charge in [-0.05, 0) is 48.4 Å². The minimum absolute atomic E-state index is 0.0567. The molecule has 1 N–H and O–H groups in total. The fourth-order valence-electron chi connectivity index (χ4n) is 4.62. The number of benzene rings is 1. The molecule has 2 bridgehead atoms. The first-order valence-corrected chi connectivity index (χ1v) is 10.7. The van der Waals surface area contributed by atoms with Crippen LogP contribution in [0.15, 0.2) is 30.8 Å². The van der Waals surface area contributed by atoms with Gasteiger partial charge in [-0.25, -0.2) is 9.78 Å². The van der Waals surface area contributed by atoms with Crippen molar-refractivity contribution >= 4 is 17.5 Å². The molecule has 31 heavy (non-hydrogen) atoms. The molecule has 1 aliphatic heterocycles. The lowest BCUT2D eigenvalue weighted by Crippen LogP contribution is -2.48. The summed E-state index contributed by atoms with van der Waals surface area (Å²) in [5, 5.41) is 8.54. The highest BCUT2D eigenvalue weighted by molar-refractivity contribution is 5.76. The van der Waals surface area contributed by atoms with E-state index in [4.69, 9.17) is 29.1 Å². The Labute approximate surface area is 181 Å². The van der Waals surface area contributed by atoms with Crippen molar-refractivity contribution in [1.82, 2.24) is 0 Å². The number of rotatable bonds is 9. The van der Waals surface area contributed by atoms with Crippen LogP contribution in [0.2, 0.25) is 0 Å². The lowest BCUT2D eigenvalue weighted by Gasteiger charge is -2.41. The van der Waals surface area contributed by atoms with Gasteiger partial charge < -0.3 is 19.3 Å². The van der Waals surface area contributed by atoms with Gasteiger partial charge in [-0.1, -0.05) is 18.7 Å². The fourth-order valence-corrected chi connectivity index (χ4v) is 4.62. The molecule has 0 amide bonds. The summed E-state index contributed by atoms with van der Waals surface area (Å²) >= 11 is 0. The third-order valence-corrected chi connectivity index (χ3v) is 6.29. The number of hydrogen-bond donors (Lipinski definition) is 1. The molecular weight excluding hydrogens is 404 g/mol. The molecule has 4 rings (SSSR count). The Morgan fingerprint density at radius 3 is 2.58 bits per heavy atom. The van der Waals surface area contributed by atoms with Gasteiger partial charge in [0.25, 0.3) is 0 Å². The van der Waals surface area contributed by atoms with Crippen LogP contribution < -0.4 is 4.74 Å². The molecule has 1 spiro atoms. The Bertz CT molecular complexity index is 809. The number of hydrogen-bond acceptors (Lipinski definition) is 7. The Morgan fingerprint density at radius 1 is 1.16 bits per heavy atom. The molecule has 4 unspecified atom stereocenters. The molecule has 2 saturated carbocycles. The standard InChI is InChI=1S/C23H28O8/c1-15(20-14-29-23(31-30-20)13-16-2-5-18(23)12-16)17-3-6-19(7-4-17)27-10-11-28-22(26)9-8-21(24)25/h3-4,6-7,16,18,20H,1-2,5,8-14H2,(H,24,25). The van der Waals surface area contributed by atoms with E-state index in [1.165, 1.54) is 6.42 Å². The summed E-state index contributed by atoms with van der Waals surface area (Å²) in [4.78, 5) is 33.3. The number of carboxylic acids is 1. The Hall–Kier alpha value is -2.42. The first kappa shape index (κ1) is 21.8. The van der Waals surface area contributed by atoms with Gasteiger partial charge in [-0.15, -0.1) is 0 Å². The van der Waals surface area contributed by atoms with Crippen molar-refractivity contribution in [2.45, 2.75) is 50.4 Å². The van der Waals surface area contributed by atoms with Gasteiger partial charge in [0, 0.05) is 12.3 Å². The number of aliphatic carboxylic acids is 1. The van der Waals surface area contributed by atoms with Crippen LogP contribution in [0.4, 0.5) is 0 Å². The first-order chi connectivity index (χ1) is 14.9. The summed E-state index contributed by atoms with van der Waals surface area (Å²) in [5.41, 5.74) is 1.67. The zero-order chi connectivity index (χ0) is 21.8. The maximum Gasteiger partial charge on any atom is 0.306 e. The van der Waals surface area contributed by atoms with Gasteiger partial charge in [-0.3, -0.25) is 9.59 Å². The largest absolute Gasteiger partial charge is 0.490 e. The molecule has 4 atom stereocenters. The van der Waals surface area contributed by atoms with Crippen molar-refractivity contribution in [3.63, 3.8) is 0 Å². The predicted octanol–water partition coefficient (Wildman–Crippen LogP) is 3.35. The van der Waals surface area contributed by atoms with Crippen LogP contribution in [0.1, 0.15) is 44.1 Å². The summed E-state index contributed by atoms with van der Waals surface area (Å²) in [6.07, 6.45) is 3.73. The number of carbonyl (C=O) groups is 2. The molecule has 1 saturated heterocycles. The molecule has 1 aromatic rings. The van der Waals surface area contributed by atoms with Crippen LogP contribution in [0.25, 0.3) is 5.57 Å². The predicted molar refractivity (Wildman–Crippen MR) is 109 cm³/mol. The molecule has 8 nitrogen and oxygen atoms in total. The molecule has 8 heteroatoms. The second-order valence-corrected chi connectivity index (χ2v) is 8.38. The molecule has 3 aliphatic rings. The number of fused-ring (bicyclic) bond motifs is 3. The van der Waals surface area contributed by atoms with Crippen molar-refractivity contribution in [3.8, 4) is 5.75 Å². The number of esters is 1. The molecule has 3 fully saturated rings. The fraction of sp³-hybridized carbons (Fsp3) is 0.565. The quantitative estimate of drug-likeness (QED) is 0.360. The zero-order valence-electron chi connectivity index (χ0n) is 17.4. The smallest absolute Gasteiger partial charge is 0.306 e. The minimum Gasteiger partial charge on any atom is -0.490 e. The van der Waals surface area contributed by atoms with E-state index >= 15 is 0 Å². The van der Waals surface area contributed by atoms with E-state index < -0.39 is 17.7 Å². The Balaban J connectivity index is 1.19. The second kappa shape index (κ2) is 9.38. The Kier molecular flexibility index (Phi) is 6.60. The van der Waals surface area contributed by atoms with E-state index in [2.05, 4.69) is 6.58 Å². The maximum absolute atomic E-state index is 11.4. The van der Waals surface area contributed by atoms with Crippen LogP contribution in [0.5, 0.6) is 5.75 Å². The summed E-state index contributed by atoms with van der Waals surface area (Å²) in [6.45, 7) is 4.80. The third kappa shape index (κ3) is 5.08. The lowest BCUT2D eigenvalue weighted by molar-refractivity contribution is -0.488. The van der Waals surface area contributed by atoms with E-state index in [0.717, 1.165) is 30.4 Å². The summed E-state index contributed by atoms with van der Waals surface area (Å²) in [5.74, 6) is -0.405. The zero-order valence-corrected chi connectivity index (χ0v) is 17.4. The molecular formula is C23H28O8. The minimum atomic E-state index is -1.03. The van der Waals surface area contributed by atoms with Gasteiger partial charge in [0.1, 0.15) is 25.1 Å². The first-order valence-electron chi connectivity index (χ1n) is 10.7. The van der Waals surface area contributed by atoms with Crippen molar-refractivity contribution in [2.75, 3.05) is 19.8 Å². The van der Waals surface area contributed by atoms with Gasteiger partial charge in [0.15, 0.2) is 0 Å². The Morgan fingerprint density at radius 2 is 1.97 bits per heavy atom. The van der Waals surface area contributed by atoms with Gasteiger partial charge >= 0.3 is 11.9 Å². The topological polar surface area (TPSA) is 101 Å². The number of ether oxygens (including phenoxy) is 3. The van der Waals surface area contributed by atoms with E-state index in [0.29, 0.717) is 24.2 Å². The molecule has 2 aliphatic carbocycles. The van der Waals surface area contributed by atoms with Gasteiger partial charge in [-0.2, -0.15) is 0 Å². The number of carboxylic acid groups (broad SMARTS) is 1. The van der Waals surface area contributed by atoms with Crippen molar-refractivity contribution in [3.05, 3.63) is 36.4 Å². The highest BCUT2D eigenvalue weighted by atomic mass is 17.2. The summed E-state index contributed by atoms with van der Waals surface area (Å²) in [6, 6.07) is 7.35. The van der Waals surface area contributed by atoms with Crippen LogP contribution in [-0.4, -0.2) is 48.8 Å². The van der Waals surface area contributed by atoms with Gasteiger partial charge in [0.2, 0.25) is 5.79 Å². The third-order valence-electron chi connectivity index (χ3n) is 6.29. The van der Waals surface area contributed by atoms with Crippen molar-refractivity contribution in [2.24, 2.45) is 11.8 Å². The van der Waals surface area contributed by atoms with Crippen molar-refractivity contribution < 1.29 is 38.7 Å². The molecule has 168 valence electrons. The highest BCUT2D eigenvalue weighted by Crippen LogP contribution is 2.54. The van der Waals surface area contributed by atoms with Crippen LogP contribution in [0.3, 0.4) is 0 Å². The van der Waals surface area contributed by atoms with E-state index in [1.54, 1.807) is 12.1 Å². The van der Waals surface area contributed by atoms with Crippen molar-refractivity contribution in [1.29, 1.82) is 0 Å². The molecule has 1 heterocycles. The molecule has 0 radical (unpaired) electrons. The average molecular weight is 432 g/mol. The van der Waals surface area contributed by atoms with Crippen LogP contribution in [0, 0.1) is 11.8 Å². The SMILES string of the molecule is C=C(c1ccc(OCCOC(=O)CCC(=O)O)cc1)C1COC2(CC3CCC2C3)OO1. The second-order valence-electron chi connectivity index (χ2n) is 8.38. The normalized spacial score (nSPS) is 29.1. The molecule has 1 aromatic carbocycles. The highest BCUT2D eigenvalue weighted by Gasteiger charge is 2.56. The lowest BCUT2D eigenvalue weighted by atomic mass is 9.93. The maximum atomic E-state index is 11.4. The average Bonchev–Trinajstić information content (AvgIpc) is 3.37. The van der Waals surface area contributed by atoms with E-state index in [9.17, 15) is 9.59 Å². The van der Waals surface area contributed by atoms with Gasteiger partial charge in [0.05, 0.1) is 19.4 Å². The van der Waals surface area contributed by atoms with Crippen LogP contribution in [-0.2, 0) is 28.8 Å². The summed E-state index contributed by atoms with van der Waals surface area (Å²) < 4.78 is 16.6. The summed E-state index contributed by atoms with van der Waals surface area (Å²) in [7, 11) is 0. The number of carbonyl (C=O) groups excluding carboxylic acids is 1.